The Hall–Kier alpha value is -2.34. The van der Waals surface area contributed by atoms with Gasteiger partial charge in [0.2, 0.25) is 0 Å². The number of carbonyl (C=O) groups excluding carboxylic acids is 1. The van der Waals surface area contributed by atoms with Gasteiger partial charge >= 0.3 is 0 Å². The van der Waals surface area contributed by atoms with Crippen LogP contribution in [0.5, 0.6) is 5.75 Å². The molecule has 0 saturated carbocycles. The number of aromatic nitrogens is 2. The molecule has 6 nitrogen and oxygen atoms in total. The summed E-state index contributed by atoms with van der Waals surface area (Å²) in [4.78, 5) is 12.4. The number of hydrogen-bond acceptors (Lipinski definition) is 4. The van der Waals surface area contributed by atoms with Gasteiger partial charge in [0.25, 0.3) is 5.91 Å². The first-order valence-corrected chi connectivity index (χ1v) is 10.2. The lowest BCUT2D eigenvalue weighted by Gasteiger charge is -2.09. The van der Waals surface area contributed by atoms with Crippen LogP contribution in [0.3, 0.4) is 0 Å². The van der Waals surface area contributed by atoms with Crippen molar-refractivity contribution < 1.29 is 14.3 Å². The van der Waals surface area contributed by atoms with Crippen molar-refractivity contribution in [1.82, 2.24) is 15.1 Å². The lowest BCUT2D eigenvalue weighted by atomic mass is 10.2. The van der Waals surface area contributed by atoms with Gasteiger partial charge in [0.05, 0.1) is 12.3 Å². The molecular formula is C22H33N3O3. The Bertz CT molecular complexity index is 728. The fourth-order valence-electron chi connectivity index (χ4n) is 2.92. The molecule has 0 bridgehead atoms. The zero-order valence-electron chi connectivity index (χ0n) is 17.4. The van der Waals surface area contributed by atoms with Crippen LogP contribution in [-0.4, -0.2) is 35.5 Å². The number of amides is 1. The quantitative estimate of drug-likeness (QED) is 0.530. The van der Waals surface area contributed by atoms with Crippen molar-refractivity contribution in [3.63, 3.8) is 0 Å². The highest BCUT2D eigenvalue weighted by molar-refractivity contribution is 5.92. The van der Waals surface area contributed by atoms with Crippen LogP contribution in [0.4, 0.5) is 0 Å². The Balaban J connectivity index is 1.72. The molecule has 0 saturated heterocycles. The molecule has 2 aromatic rings. The van der Waals surface area contributed by atoms with Crippen LogP contribution in [-0.2, 0) is 24.8 Å². The van der Waals surface area contributed by atoms with Gasteiger partial charge in [-0.2, -0.15) is 5.10 Å². The Labute approximate surface area is 168 Å². The van der Waals surface area contributed by atoms with Crippen LogP contribution >= 0.6 is 0 Å². The summed E-state index contributed by atoms with van der Waals surface area (Å²) in [6, 6.07) is 9.72. The Kier molecular flexibility index (Phi) is 9.55. The Morgan fingerprint density at radius 1 is 1.11 bits per heavy atom. The summed E-state index contributed by atoms with van der Waals surface area (Å²) in [7, 11) is 1.79. The van der Waals surface area contributed by atoms with Crippen molar-refractivity contribution in [3.8, 4) is 5.75 Å². The molecule has 1 aromatic carbocycles. The third-order valence-electron chi connectivity index (χ3n) is 4.53. The predicted molar refractivity (Wildman–Crippen MR) is 111 cm³/mol. The van der Waals surface area contributed by atoms with Gasteiger partial charge in [-0.25, -0.2) is 0 Å². The minimum Gasteiger partial charge on any atom is -0.494 e. The number of aryl methyl sites for hydroxylation is 2. The van der Waals surface area contributed by atoms with Gasteiger partial charge in [0.1, 0.15) is 11.4 Å². The van der Waals surface area contributed by atoms with Crippen molar-refractivity contribution >= 4 is 5.91 Å². The first-order valence-electron chi connectivity index (χ1n) is 10.2. The molecule has 154 valence electrons. The minimum absolute atomic E-state index is 0.118. The second-order valence-corrected chi connectivity index (χ2v) is 6.79. The normalized spacial score (nSPS) is 10.8. The highest BCUT2D eigenvalue weighted by Gasteiger charge is 2.12. The molecule has 1 N–H and O–H groups in total. The number of benzene rings is 1. The van der Waals surface area contributed by atoms with E-state index in [2.05, 4.69) is 10.4 Å². The Morgan fingerprint density at radius 3 is 2.61 bits per heavy atom. The van der Waals surface area contributed by atoms with Crippen molar-refractivity contribution in [2.75, 3.05) is 19.8 Å². The number of nitrogens with one attached hydrogen (secondary N) is 1. The molecule has 28 heavy (non-hydrogen) atoms. The van der Waals surface area contributed by atoms with E-state index in [1.54, 1.807) is 11.7 Å². The molecular weight excluding hydrogens is 354 g/mol. The smallest absolute Gasteiger partial charge is 0.269 e. The summed E-state index contributed by atoms with van der Waals surface area (Å²) in [5.74, 6) is 0.725. The summed E-state index contributed by atoms with van der Waals surface area (Å²) in [5, 5.41) is 7.27. The maximum absolute atomic E-state index is 12.4. The van der Waals surface area contributed by atoms with Crippen LogP contribution in [0.1, 0.15) is 61.3 Å². The second kappa shape index (κ2) is 12.2. The van der Waals surface area contributed by atoms with Gasteiger partial charge in [0, 0.05) is 26.8 Å². The minimum atomic E-state index is -0.118. The van der Waals surface area contributed by atoms with Crippen LogP contribution in [0, 0.1) is 0 Å². The zero-order chi connectivity index (χ0) is 20.2. The number of hydrogen-bond donors (Lipinski definition) is 1. The monoisotopic (exact) mass is 387 g/mol. The first kappa shape index (κ1) is 22.0. The highest BCUT2D eigenvalue weighted by atomic mass is 16.5. The highest BCUT2D eigenvalue weighted by Crippen LogP contribution is 2.14. The molecule has 0 aliphatic rings. The summed E-state index contributed by atoms with van der Waals surface area (Å²) < 4.78 is 12.8. The fourth-order valence-corrected chi connectivity index (χ4v) is 2.92. The van der Waals surface area contributed by atoms with Crippen molar-refractivity contribution in [1.29, 1.82) is 0 Å². The molecule has 1 amide bonds. The molecule has 2 rings (SSSR count). The van der Waals surface area contributed by atoms with E-state index < -0.39 is 0 Å². The van der Waals surface area contributed by atoms with Crippen molar-refractivity contribution in [3.05, 3.63) is 47.3 Å². The third-order valence-corrected chi connectivity index (χ3v) is 4.53. The average Bonchev–Trinajstić information content (AvgIpc) is 3.09. The predicted octanol–water partition coefficient (Wildman–Crippen LogP) is 3.89. The molecule has 0 aliphatic carbocycles. The lowest BCUT2D eigenvalue weighted by Crippen LogP contribution is -2.25. The summed E-state index contributed by atoms with van der Waals surface area (Å²) in [6.07, 6.45) is 5.27. The molecule has 0 radical (unpaired) electrons. The van der Waals surface area contributed by atoms with E-state index >= 15 is 0 Å². The average molecular weight is 388 g/mol. The van der Waals surface area contributed by atoms with Crippen molar-refractivity contribution in [2.45, 2.75) is 52.5 Å². The van der Waals surface area contributed by atoms with Crippen LogP contribution in [0.25, 0.3) is 0 Å². The Morgan fingerprint density at radius 2 is 1.89 bits per heavy atom. The van der Waals surface area contributed by atoms with E-state index in [1.165, 1.54) is 6.42 Å². The maximum Gasteiger partial charge on any atom is 0.269 e. The number of unbranched alkanes of at least 4 members (excludes halogenated alkanes) is 3. The standard InChI is InChI=1S/C22H33N3O3/c1-4-19-16-21(25(3)24-19)22(26)23-17-18-11-10-12-20(15-18)28-14-9-7-6-8-13-27-5-2/h10-12,15-16H,4-9,13-14,17H2,1-3H3,(H,23,26). The molecule has 0 unspecified atom stereocenters. The van der Waals surface area contributed by atoms with E-state index in [0.29, 0.717) is 18.8 Å². The third kappa shape index (κ3) is 7.35. The second-order valence-electron chi connectivity index (χ2n) is 6.79. The van der Waals surface area contributed by atoms with Gasteiger partial charge in [-0.1, -0.05) is 25.5 Å². The van der Waals surface area contributed by atoms with Gasteiger partial charge in [-0.3, -0.25) is 9.48 Å². The lowest BCUT2D eigenvalue weighted by molar-refractivity contribution is 0.0941. The van der Waals surface area contributed by atoms with Gasteiger partial charge < -0.3 is 14.8 Å². The summed E-state index contributed by atoms with van der Waals surface area (Å²) >= 11 is 0. The molecule has 1 heterocycles. The number of nitrogens with zero attached hydrogens (tertiary/aromatic N) is 2. The molecule has 0 atom stereocenters. The van der Waals surface area contributed by atoms with Gasteiger partial charge in [-0.05, 0) is 56.4 Å². The van der Waals surface area contributed by atoms with E-state index in [1.807, 2.05) is 44.2 Å². The fraction of sp³-hybridized carbons (Fsp3) is 0.545. The molecule has 6 heteroatoms. The summed E-state index contributed by atoms with van der Waals surface area (Å²) in [5.41, 5.74) is 2.51. The number of rotatable bonds is 13. The number of carbonyl (C=O) groups is 1. The van der Waals surface area contributed by atoms with E-state index in [9.17, 15) is 4.79 Å². The van der Waals surface area contributed by atoms with Crippen LogP contribution in [0.2, 0.25) is 0 Å². The van der Waals surface area contributed by atoms with Crippen LogP contribution < -0.4 is 10.1 Å². The van der Waals surface area contributed by atoms with Gasteiger partial charge in [-0.15, -0.1) is 0 Å². The zero-order valence-corrected chi connectivity index (χ0v) is 17.4. The molecule has 0 aliphatic heterocycles. The van der Waals surface area contributed by atoms with E-state index in [0.717, 1.165) is 55.9 Å². The van der Waals surface area contributed by atoms with E-state index in [4.69, 9.17) is 9.47 Å². The number of ether oxygens (including phenoxy) is 2. The maximum atomic E-state index is 12.4. The first-order chi connectivity index (χ1) is 13.6. The summed E-state index contributed by atoms with van der Waals surface area (Å²) in [6.45, 7) is 6.86. The van der Waals surface area contributed by atoms with Crippen LogP contribution in [0.15, 0.2) is 30.3 Å². The SMILES string of the molecule is CCOCCCCCCOc1cccc(CNC(=O)c2cc(CC)nn2C)c1. The molecule has 1 aromatic heterocycles. The molecule has 0 spiro atoms. The van der Waals surface area contributed by atoms with E-state index in [-0.39, 0.29) is 5.91 Å². The van der Waals surface area contributed by atoms with Crippen molar-refractivity contribution in [2.24, 2.45) is 7.05 Å². The molecule has 0 fully saturated rings. The topological polar surface area (TPSA) is 65.4 Å². The van der Waals surface area contributed by atoms with Gasteiger partial charge in [0.15, 0.2) is 0 Å². The largest absolute Gasteiger partial charge is 0.494 e.